The summed E-state index contributed by atoms with van der Waals surface area (Å²) in [5.74, 6) is -0.835. The fourth-order valence-corrected chi connectivity index (χ4v) is 3.38. The van der Waals surface area contributed by atoms with Gasteiger partial charge < -0.3 is 14.7 Å². The lowest BCUT2D eigenvalue weighted by Crippen LogP contribution is -2.49. The third kappa shape index (κ3) is 3.72. The van der Waals surface area contributed by atoms with Gasteiger partial charge in [-0.15, -0.1) is 0 Å². The summed E-state index contributed by atoms with van der Waals surface area (Å²) in [7, 11) is 0. The van der Waals surface area contributed by atoms with E-state index in [2.05, 4.69) is 0 Å². The maximum Gasteiger partial charge on any atom is 0.410 e. The highest BCUT2D eigenvalue weighted by atomic mass is 16.6. The number of carboxylic acids is 1. The van der Waals surface area contributed by atoms with Crippen molar-refractivity contribution in [1.29, 1.82) is 0 Å². The third-order valence-electron chi connectivity index (χ3n) is 5.09. The first-order valence-electron chi connectivity index (χ1n) is 8.77. The summed E-state index contributed by atoms with van der Waals surface area (Å²) < 4.78 is 5.36. The van der Waals surface area contributed by atoms with Gasteiger partial charge in [0.1, 0.15) is 6.61 Å². The molecule has 1 saturated heterocycles. The maximum atomic E-state index is 12.3. The minimum atomic E-state index is -0.941. The zero-order chi connectivity index (χ0) is 18.6. The van der Waals surface area contributed by atoms with Crippen molar-refractivity contribution >= 4 is 12.1 Å². The molecule has 0 spiro atoms. The smallest absolute Gasteiger partial charge is 0.410 e. The van der Waals surface area contributed by atoms with Crippen LogP contribution >= 0.6 is 0 Å². The Hall–Kier alpha value is -2.82. The highest BCUT2D eigenvalue weighted by molar-refractivity contribution is 5.82. The van der Waals surface area contributed by atoms with E-state index in [0.29, 0.717) is 25.9 Å². The van der Waals surface area contributed by atoms with Crippen molar-refractivity contribution < 1.29 is 19.4 Å². The van der Waals surface area contributed by atoms with E-state index in [4.69, 9.17) is 4.74 Å². The van der Waals surface area contributed by atoms with Crippen LogP contribution in [0, 0.1) is 6.92 Å². The number of ether oxygens (including phenoxy) is 1. The lowest BCUT2D eigenvalue weighted by Gasteiger charge is -2.38. The summed E-state index contributed by atoms with van der Waals surface area (Å²) >= 11 is 0. The summed E-state index contributed by atoms with van der Waals surface area (Å²) in [4.78, 5) is 25.9. The van der Waals surface area contributed by atoms with Gasteiger partial charge in [-0.3, -0.25) is 4.79 Å². The SMILES string of the molecule is Cc1ccc(C2(C(=O)O)CCN(C(=O)OCc3ccccc3)CC2)cc1. The van der Waals surface area contributed by atoms with Crippen LogP contribution in [-0.2, 0) is 21.6 Å². The van der Waals surface area contributed by atoms with Crippen molar-refractivity contribution in [2.45, 2.75) is 31.8 Å². The number of aliphatic carboxylic acids is 1. The minimum absolute atomic E-state index is 0.220. The number of rotatable bonds is 4. The molecule has 26 heavy (non-hydrogen) atoms. The molecule has 1 fully saturated rings. The van der Waals surface area contributed by atoms with Gasteiger partial charge in [0.2, 0.25) is 0 Å². The molecule has 1 heterocycles. The lowest BCUT2D eigenvalue weighted by molar-refractivity contribution is -0.145. The Balaban J connectivity index is 1.63. The monoisotopic (exact) mass is 353 g/mol. The number of aryl methyl sites for hydroxylation is 1. The normalized spacial score (nSPS) is 16.1. The second-order valence-electron chi connectivity index (χ2n) is 6.78. The number of benzene rings is 2. The van der Waals surface area contributed by atoms with E-state index in [1.54, 1.807) is 4.90 Å². The molecule has 2 aromatic rings. The molecular weight excluding hydrogens is 330 g/mol. The second kappa shape index (κ2) is 7.60. The van der Waals surface area contributed by atoms with Gasteiger partial charge >= 0.3 is 12.1 Å². The number of hydrogen-bond acceptors (Lipinski definition) is 3. The van der Waals surface area contributed by atoms with Crippen molar-refractivity contribution in [3.63, 3.8) is 0 Å². The topological polar surface area (TPSA) is 66.8 Å². The number of likely N-dealkylation sites (tertiary alicyclic amines) is 1. The van der Waals surface area contributed by atoms with Crippen molar-refractivity contribution in [2.75, 3.05) is 13.1 Å². The molecule has 0 aliphatic carbocycles. The molecule has 3 rings (SSSR count). The fourth-order valence-electron chi connectivity index (χ4n) is 3.38. The van der Waals surface area contributed by atoms with E-state index in [1.165, 1.54) is 0 Å². The molecule has 0 radical (unpaired) electrons. The number of amides is 1. The van der Waals surface area contributed by atoms with Crippen LogP contribution in [0.15, 0.2) is 54.6 Å². The van der Waals surface area contributed by atoms with Crippen LogP contribution in [0.5, 0.6) is 0 Å². The predicted molar refractivity (Wildman–Crippen MR) is 97.9 cm³/mol. The van der Waals surface area contributed by atoms with E-state index in [9.17, 15) is 14.7 Å². The largest absolute Gasteiger partial charge is 0.481 e. The molecule has 136 valence electrons. The van der Waals surface area contributed by atoms with Crippen molar-refractivity contribution in [1.82, 2.24) is 4.90 Å². The van der Waals surface area contributed by atoms with Gasteiger partial charge in [0.05, 0.1) is 5.41 Å². The van der Waals surface area contributed by atoms with E-state index in [0.717, 1.165) is 16.7 Å². The molecular formula is C21H23NO4. The average Bonchev–Trinajstić information content (AvgIpc) is 2.67. The Morgan fingerprint density at radius 2 is 1.65 bits per heavy atom. The molecule has 0 saturated carbocycles. The predicted octanol–water partition coefficient (Wildman–Crippen LogP) is 3.75. The molecule has 1 amide bonds. The van der Waals surface area contributed by atoms with Crippen LogP contribution in [-0.4, -0.2) is 35.2 Å². The highest BCUT2D eigenvalue weighted by Crippen LogP contribution is 2.36. The lowest BCUT2D eigenvalue weighted by atomic mass is 9.72. The zero-order valence-corrected chi connectivity index (χ0v) is 14.9. The summed E-state index contributed by atoms with van der Waals surface area (Å²) in [6.07, 6.45) is 0.370. The Bertz CT molecular complexity index is 762. The standard InChI is InChI=1S/C21H23NO4/c1-16-7-9-18(10-8-16)21(19(23)24)11-13-22(14-12-21)20(25)26-15-17-5-3-2-4-6-17/h2-10H,11-15H2,1H3,(H,23,24). The third-order valence-corrected chi connectivity index (χ3v) is 5.09. The number of piperidine rings is 1. The Morgan fingerprint density at radius 1 is 1.04 bits per heavy atom. The summed E-state index contributed by atoms with van der Waals surface area (Å²) in [6.45, 7) is 2.93. The molecule has 0 atom stereocenters. The Morgan fingerprint density at radius 3 is 2.23 bits per heavy atom. The number of carbonyl (C=O) groups excluding carboxylic acids is 1. The first-order chi connectivity index (χ1) is 12.5. The fraction of sp³-hybridized carbons (Fsp3) is 0.333. The number of hydrogen-bond donors (Lipinski definition) is 1. The molecule has 0 aromatic heterocycles. The highest BCUT2D eigenvalue weighted by Gasteiger charge is 2.44. The van der Waals surface area contributed by atoms with Crippen LogP contribution in [0.4, 0.5) is 4.79 Å². The van der Waals surface area contributed by atoms with Gasteiger partial charge in [-0.1, -0.05) is 60.2 Å². The van der Waals surface area contributed by atoms with E-state index in [1.807, 2.05) is 61.5 Å². The molecule has 1 N–H and O–H groups in total. The molecule has 0 unspecified atom stereocenters. The summed E-state index contributed by atoms with van der Waals surface area (Å²) in [6, 6.07) is 17.1. The first kappa shape index (κ1) is 18.0. The maximum absolute atomic E-state index is 12.3. The first-order valence-corrected chi connectivity index (χ1v) is 8.77. The number of carboxylic acid groups (broad SMARTS) is 1. The van der Waals surface area contributed by atoms with Gasteiger partial charge in [0, 0.05) is 13.1 Å². The molecule has 5 nitrogen and oxygen atoms in total. The van der Waals surface area contributed by atoms with Gasteiger partial charge in [-0.2, -0.15) is 0 Å². The van der Waals surface area contributed by atoms with Gasteiger partial charge in [0.15, 0.2) is 0 Å². The molecule has 0 bridgehead atoms. The van der Waals surface area contributed by atoms with Crippen LogP contribution in [0.25, 0.3) is 0 Å². The van der Waals surface area contributed by atoms with E-state index >= 15 is 0 Å². The minimum Gasteiger partial charge on any atom is -0.481 e. The van der Waals surface area contributed by atoms with Gasteiger partial charge in [-0.25, -0.2) is 4.79 Å². The average molecular weight is 353 g/mol. The van der Waals surface area contributed by atoms with Crippen LogP contribution in [0.3, 0.4) is 0 Å². The molecule has 2 aromatic carbocycles. The van der Waals surface area contributed by atoms with Crippen LogP contribution < -0.4 is 0 Å². The van der Waals surface area contributed by atoms with Gasteiger partial charge in [-0.05, 0) is 30.9 Å². The van der Waals surface area contributed by atoms with Gasteiger partial charge in [0.25, 0.3) is 0 Å². The summed E-state index contributed by atoms with van der Waals surface area (Å²) in [5, 5.41) is 9.85. The van der Waals surface area contributed by atoms with Crippen LogP contribution in [0.1, 0.15) is 29.5 Å². The van der Waals surface area contributed by atoms with E-state index < -0.39 is 17.5 Å². The van der Waals surface area contributed by atoms with E-state index in [-0.39, 0.29) is 6.61 Å². The molecule has 1 aliphatic heterocycles. The molecule has 5 heteroatoms. The molecule has 1 aliphatic rings. The Kier molecular flexibility index (Phi) is 5.26. The zero-order valence-electron chi connectivity index (χ0n) is 14.9. The second-order valence-corrected chi connectivity index (χ2v) is 6.78. The summed E-state index contributed by atoms with van der Waals surface area (Å²) in [5.41, 5.74) is 1.88. The number of carbonyl (C=O) groups is 2. The van der Waals surface area contributed by atoms with Crippen molar-refractivity contribution in [2.24, 2.45) is 0 Å². The quantitative estimate of drug-likeness (QED) is 0.909. The van der Waals surface area contributed by atoms with Crippen LogP contribution in [0.2, 0.25) is 0 Å². The van der Waals surface area contributed by atoms with Crippen molar-refractivity contribution in [3.8, 4) is 0 Å². The Labute approximate surface area is 153 Å². The van der Waals surface area contributed by atoms with Crippen molar-refractivity contribution in [3.05, 3.63) is 71.3 Å². The number of nitrogens with zero attached hydrogens (tertiary/aromatic N) is 1.